The summed E-state index contributed by atoms with van der Waals surface area (Å²) < 4.78 is 12.1. The minimum atomic E-state index is -0.936. The number of carbonyl (C=O) groups excluding carboxylic acids is 2. The molecule has 4 aromatic carbocycles. The molecular formula is C32H24BrN3O5S2. The van der Waals surface area contributed by atoms with Gasteiger partial charge in [-0.05, 0) is 52.2 Å². The van der Waals surface area contributed by atoms with Crippen molar-refractivity contribution in [1.82, 2.24) is 10.2 Å². The quantitative estimate of drug-likeness (QED) is 0.0598. The standard InChI is InChI=1S/C32H24BrN3O5S2/c1-40-24-14-13-20(16-25(24)41-2)28(37)26-27(19-9-6-11-22(33)15-19)36(30(39)29(26)38)31-34-35-32(43-31)42-17-21-10-5-8-18-7-3-4-12-23(18)21/h3-16,27,37H,17H2,1-2H3. The summed E-state index contributed by atoms with van der Waals surface area (Å²) in [7, 11) is 2.99. The first-order valence-electron chi connectivity index (χ1n) is 13.1. The van der Waals surface area contributed by atoms with E-state index in [9.17, 15) is 14.7 Å². The number of Topliss-reactive ketones (excluding diaryl/α,β-unsaturated/α-hetero) is 1. The average Bonchev–Trinajstić information content (AvgIpc) is 3.60. The third-order valence-electron chi connectivity index (χ3n) is 7.10. The van der Waals surface area contributed by atoms with Gasteiger partial charge in [0.25, 0.3) is 5.78 Å². The van der Waals surface area contributed by atoms with Gasteiger partial charge in [-0.15, -0.1) is 10.2 Å². The molecule has 216 valence electrons. The Bertz CT molecular complexity index is 1900. The van der Waals surface area contributed by atoms with Crippen LogP contribution in [0.4, 0.5) is 5.13 Å². The third kappa shape index (κ3) is 5.51. The van der Waals surface area contributed by atoms with Crippen molar-refractivity contribution in [3.05, 3.63) is 112 Å². The number of rotatable bonds is 8. The molecule has 5 aromatic rings. The van der Waals surface area contributed by atoms with Crippen LogP contribution >= 0.6 is 39.0 Å². The molecule has 1 atom stereocenters. The van der Waals surface area contributed by atoms with Crippen LogP contribution in [0, 0.1) is 0 Å². The summed E-state index contributed by atoms with van der Waals surface area (Å²) in [5.41, 5.74) is 2.02. The Hall–Kier alpha value is -4.19. The van der Waals surface area contributed by atoms with Crippen molar-refractivity contribution in [1.29, 1.82) is 0 Å². The summed E-state index contributed by atoms with van der Waals surface area (Å²) in [6.45, 7) is 0. The van der Waals surface area contributed by atoms with Gasteiger partial charge in [0.15, 0.2) is 15.8 Å². The second kappa shape index (κ2) is 12.2. The maximum Gasteiger partial charge on any atom is 0.301 e. The van der Waals surface area contributed by atoms with Crippen LogP contribution in [0.1, 0.15) is 22.7 Å². The van der Waals surface area contributed by atoms with Crippen molar-refractivity contribution in [2.24, 2.45) is 0 Å². The van der Waals surface area contributed by atoms with Crippen LogP contribution in [0.3, 0.4) is 0 Å². The average molecular weight is 675 g/mol. The summed E-state index contributed by atoms with van der Waals surface area (Å²) in [5, 5.41) is 22.7. The van der Waals surface area contributed by atoms with E-state index in [1.807, 2.05) is 36.4 Å². The Morgan fingerprint density at radius 1 is 0.953 bits per heavy atom. The molecule has 0 radical (unpaired) electrons. The zero-order valence-corrected chi connectivity index (χ0v) is 26.2. The lowest BCUT2D eigenvalue weighted by atomic mass is 9.95. The molecule has 0 aliphatic carbocycles. The molecule has 1 amide bonds. The van der Waals surface area contributed by atoms with Crippen molar-refractivity contribution < 1.29 is 24.2 Å². The van der Waals surface area contributed by atoms with Gasteiger partial charge >= 0.3 is 5.91 Å². The molecule has 43 heavy (non-hydrogen) atoms. The first-order valence-corrected chi connectivity index (χ1v) is 15.7. The van der Waals surface area contributed by atoms with Crippen LogP contribution in [0.5, 0.6) is 11.5 Å². The molecule has 1 aromatic heterocycles. The Labute approximate surface area is 264 Å². The summed E-state index contributed by atoms with van der Waals surface area (Å²) >= 11 is 6.22. The lowest BCUT2D eigenvalue weighted by molar-refractivity contribution is -0.132. The minimum absolute atomic E-state index is 0.0597. The zero-order chi connectivity index (χ0) is 30.1. The molecule has 6 rings (SSSR count). The molecule has 11 heteroatoms. The van der Waals surface area contributed by atoms with E-state index in [1.165, 1.54) is 42.2 Å². The number of halogens is 1. The molecular weight excluding hydrogens is 650 g/mol. The number of methoxy groups -OCH3 is 2. The number of anilines is 1. The second-order valence-electron chi connectivity index (χ2n) is 9.57. The number of fused-ring (bicyclic) bond motifs is 1. The van der Waals surface area contributed by atoms with Crippen LogP contribution in [-0.2, 0) is 15.3 Å². The van der Waals surface area contributed by atoms with E-state index < -0.39 is 17.7 Å². The molecule has 0 saturated carbocycles. The zero-order valence-electron chi connectivity index (χ0n) is 23.0. The van der Waals surface area contributed by atoms with Crippen molar-refractivity contribution in [2.75, 3.05) is 19.1 Å². The number of benzene rings is 4. The number of aromatic nitrogens is 2. The molecule has 1 aliphatic rings. The van der Waals surface area contributed by atoms with E-state index in [-0.39, 0.29) is 16.5 Å². The normalized spacial score (nSPS) is 16.2. The SMILES string of the molecule is COc1ccc(C(O)=C2C(=O)C(=O)N(c3nnc(SCc4cccc5ccccc45)s3)C2c2cccc(Br)c2)cc1OC. The van der Waals surface area contributed by atoms with Gasteiger partial charge in [0, 0.05) is 15.8 Å². The van der Waals surface area contributed by atoms with Gasteiger partial charge in [0.1, 0.15) is 5.76 Å². The number of hydrogen-bond donors (Lipinski definition) is 1. The van der Waals surface area contributed by atoms with E-state index in [0.29, 0.717) is 32.7 Å². The predicted octanol–water partition coefficient (Wildman–Crippen LogP) is 7.39. The number of ether oxygens (including phenoxy) is 2. The fraction of sp³-hybridized carbons (Fsp3) is 0.125. The second-order valence-corrected chi connectivity index (χ2v) is 12.7. The highest BCUT2D eigenvalue weighted by atomic mass is 79.9. The van der Waals surface area contributed by atoms with Gasteiger partial charge in [0.05, 0.1) is 25.8 Å². The molecule has 2 heterocycles. The van der Waals surface area contributed by atoms with Gasteiger partial charge in [-0.25, -0.2) is 0 Å². The Morgan fingerprint density at radius 2 is 1.72 bits per heavy atom. The van der Waals surface area contributed by atoms with Crippen LogP contribution in [0.15, 0.2) is 99.3 Å². The van der Waals surface area contributed by atoms with Gasteiger partial charge in [0.2, 0.25) is 5.13 Å². The third-order valence-corrected chi connectivity index (χ3v) is 9.70. The molecule has 1 N–H and O–H groups in total. The number of amides is 1. The van der Waals surface area contributed by atoms with E-state index in [4.69, 9.17) is 9.47 Å². The number of hydrogen-bond acceptors (Lipinski definition) is 9. The van der Waals surface area contributed by atoms with Crippen LogP contribution in [0.25, 0.3) is 16.5 Å². The highest BCUT2D eigenvalue weighted by Crippen LogP contribution is 2.45. The van der Waals surface area contributed by atoms with Crippen LogP contribution < -0.4 is 14.4 Å². The van der Waals surface area contributed by atoms with E-state index in [1.54, 1.807) is 24.3 Å². The van der Waals surface area contributed by atoms with Crippen molar-refractivity contribution >= 4 is 72.4 Å². The van der Waals surface area contributed by atoms with Crippen LogP contribution in [0.2, 0.25) is 0 Å². The Kier molecular flexibility index (Phi) is 8.20. The maximum absolute atomic E-state index is 13.6. The van der Waals surface area contributed by atoms with Gasteiger partial charge < -0.3 is 14.6 Å². The Morgan fingerprint density at radius 3 is 2.51 bits per heavy atom. The summed E-state index contributed by atoms with van der Waals surface area (Å²) in [5.74, 6) is -0.460. The number of carbonyl (C=O) groups is 2. The molecule has 0 spiro atoms. The highest BCUT2D eigenvalue weighted by Gasteiger charge is 2.48. The van der Waals surface area contributed by atoms with E-state index in [2.05, 4.69) is 50.4 Å². The first-order chi connectivity index (χ1) is 20.9. The fourth-order valence-corrected chi connectivity index (χ4v) is 7.37. The monoisotopic (exact) mass is 673 g/mol. The van der Waals surface area contributed by atoms with E-state index in [0.717, 1.165) is 20.8 Å². The topological polar surface area (TPSA) is 102 Å². The van der Waals surface area contributed by atoms with E-state index >= 15 is 0 Å². The Balaban J connectivity index is 1.38. The van der Waals surface area contributed by atoms with Gasteiger partial charge in [-0.1, -0.05) is 93.6 Å². The smallest absolute Gasteiger partial charge is 0.301 e. The maximum atomic E-state index is 13.6. The number of aliphatic hydroxyl groups is 1. The summed E-state index contributed by atoms with van der Waals surface area (Å²) in [4.78, 5) is 28.5. The van der Waals surface area contributed by atoms with Crippen molar-refractivity contribution in [3.8, 4) is 11.5 Å². The first kappa shape index (κ1) is 28.9. The number of thioether (sulfide) groups is 1. The molecule has 8 nitrogen and oxygen atoms in total. The molecule has 0 bridgehead atoms. The molecule has 1 fully saturated rings. The van der Waals surface area contributed by atoms with Gasteiger partial charge in [-0.2, -0.15) is 0 Å². The lowest BCUT2D eigenvalue weighted by Crippen LogP contribution is -2.29. The minimum Gasteiger partial charge on any atom is -0.507 e. The summed E-state index contributed by atoms with van der Waals surface area (Å²) in [6, 6.07) is 25.5. The summed E-state index contributed by atoms with van der Waals surface area (Å²) in [6.07, 6.45) is 0. The van der Waals surface area contributed by atoms with Crippen molar-refractivity contribution in [2.45, 2.75) is 16.1 Å². The van der Waals surface area contributed by atoms with Gasteiger partial charge in [-0.3, -0.25) is 14.5 Å². The number of aliphatic hydroxyl groups excluding tert-OH is 1. The lowest BCUT2D eigenvalue weighted by Gasteiger charge is -2.22. The number of nitrogens with zero attached hydrogens (tertiary/aromatic N) is 3. The van der Waals surface area contributed by atoms with Crippen molar-refractivity contribution in [3.63, 3.8) is 0 Å². The molecule has 1 aliphatic heterocycles. The van der Waals surface area contributed by atoms with Crippen LogP contribution in [-0.4, -0.2) is 41.2 Å². The largest absolute Gasteiger partial charge is 0.507 e. The fourth-order valence-electron chi connectivity index (χ4n) is 5.08. The highest BCUT2D eigenvalue weighted by molar-refractivity contribution is 9.10. The molecule has 1 unspecified atom stereocenters. The molecule has 1 saturated heterocycles. The predicted molar refractivity (Wildman–Crippen MR) is 172 cm³/mol. The number of ketones is 1.